The van der Waals surface area contributed by atoms with Crippen LogP contribution in [0.1, 0.15) is 12.8 Å². The van der Waals surface area contributed by atoms with Gasteiger partial charge in [0.1, 0.15) is 19.0 Å². The molecule has 4 rings (SSSR count). The van der Waals surface area contributed by atoms with Crippen LogP contribution < -0.4 is 14.8 Å². The number of likely N-dealkylation sites (N-methyl/N-ethyl adjacent to an activating group) is 1. The van der Waals surface area contributed by atoms with E-state index < -0.39 is 0 Å². The highest BCUT2D eigenvalue weighted by Gasteiger charge is 2.16. The van der Waals surface area contributed by atoms with Crippen molar-refractivity contribution in [2.75, 3.05) is 31.6 Å². The van der Waals surface area contributed by atoms with Gasteiger partial charge in [-0.2, -0.15) is 0 Å². The molecule has 2 heterocycles. The number of aromatic nitrogens is 2. The third kappa shape index (κ3) is 4.74. The van der Waals surface area contributed by atoms with Crippen molar-refractivity contribution in [1.82, 2.24) is 15.1 Å². The number of amides is 1. The highest BCUT2D eigenvalue weighted by molar-refractivity contribution is 5.92. The number of hydrogen-bond donors (Lipinski definition) is 1. The van der Waals surface area contributed by atoms with Gasteiger partial charge in [0.25, 0.3) is 0 Å². The molecule has 0 fully saturated rings. The zero-order valence-corrected chi connectivity index (χ0v) is 16.4. The molecule has 1 N–H and O–H groups in total. The van der Waals surface area contributed by atoms with Crippen molar-refractivity contribution in [2.24, 2.45) is 0 Å². The highest BCUT2D eigenvalue weighted by atomic mass is 19.1. The molecule has 156 valence electrons. The molecule has 1 amide bonds. The van der Waals surface area contributed by atoms with E-state index in [1.165, 1.54) is 12.1 Å². The van der Waals surface area contributed by atoms with Crippen molar-refractivity contribution in [3.8, 4) is 23.0 Å². The first-order chi connectivity index (χ1) is 14.6. The van der Waals surface area contributed by atoms with E-state index in [9.17, 15) is 9.18 Å². The van der Waals surface area contributed by atoms with Gasteiger partial charge in [0.05, 0.1) is 13.1 Å². The number of nitrogens with one attached hydrogen (secondary N) is 1. The Labute approximate surface area is 172 Å². The predicted molar refractivity (Wildman–Crippen MR) is 107 cm³/mol. The molecule has 2 aromatic carbocycles. The van der Waals surface area contributed by atoms with Gasteiger partial charge in [-0.25, -0.2) is 4.39 Å². The second-order valence-corrected chi connectivity index (χ2v) is 6.72. The topological polar surface area (TPSA) is 89.7 Å². The Hall–Kier alpha value is -3.46. The Morgan fingerprint density at radius 3 is 2.63 bits per heavy atom. The molecule has 0 radical (unpaired) electrons. The zero-order valence-electron chi connectivity index (χ0n) is 16.4. The summed E-state index contributed by atoms with van der Waals surface area (Å²) in [6.45, 7) is 4.02. The third-order valence-corrected chi connectivity index (χ3v) is 4.56. The maximum Gasteiger partial charge on any atom is 0.247 e. The summed E-state index contributed by atoms with van der Waals surface area (Å²) in [5, 5.41) is 10.9. The number of carbonyl (C=O) groups is 1. The van der Waals surface area contributed by atoms with Crippen molar-refractivity contribution in [3.63, 3.8) is 0 Å². The molecular formula is C21H21FN4O4. The minimum Gasteiger partial charge on any atom is -0.486 e. The number of nitrogens with zero attached hydrogens (tertiary/aromatic N) is 3. The number of halogens is 1. The van der Waals surface area contributed by atoms with Crippen LogP contribution in [0.2, 0.25) is 0 Å². The number of benzene rings is 2. The molecule has 0 aliphatic carbocycles. The van der Waals surface area contributed by atoms with E-state index in [4.69, 9.17) is 13.9 Å². The van der Waals surface area contributed by atoms with E-state index in [0.717, 1.165) is 0 Å². The van der Waals surface area contributed by atoms with Crippen LogP contribution in [-0.2, 0) is 11.3 Å². The first-order valence-electron chi connectivity index (χ1n) is 9.61. The standard InChI is InChI=1S/C21H21FN4O4/c1-2-26(13-20-24-25-21(30-20)14-3-5-15(22)6-4-14)12-19(27)23-16-7-8-17-18(11-16)29-10-9-28-17/h3-8,11H,2,9-10,12-13H2,1H3,(H,23,27). The van der Waals surface area contributed by atoms with Crippen LogP contribution in [0.25, 0.3) is 11.5 Å². The molecule has 0 atom stereocenters. The fourth-order valence-corrected chi connectivity index (χ4v) is 3.02. The summed E-state index contributed by atoms with van der Waals surface area (Å²) in [5.41, 5.74) is 1.27. The summed E-state index contributed by atoms with van der Waals surface area (Å²) in [6, 6.07) is 11.1. The van der Waals surface area contributed by atoms with Gasteiger partial charge in [0.2, 0.25) is 17.7 Å². The maximum atomic E-state index is 13.1. The number of carbonyl (C=O) groups excluding carboxylic acids is 1. The van der Waals surface area contributed by atoms with E-state index in [1.54, 1.807) is 30.3 Å². The van der Waals surface area contributed by atoms with Crippen molar-refractivity contribution >= 4 is 11.6 Å². The molecule has 1 aliphatic heterocycles. The lowest BCUT2D eigenvalue weighted by Crippen LogP contribution is -2.32. The van der Waals surface area contributed by atoms with Gasteiger partial charge < -0.3 is 19.2 Å². The maximum absolute atomic E-state index is 13.1. The monoisotopic (exact) mass is 412 g/mol. The molecule has 1 aliphatic rings. The molecule has 1 aromatic heterocycles. The SMILES string of the molecule is CCN(CC(=O)Nc1ccc2c(c1)OCCO2)Cc1nnc(-c2ccc(F)cc2)o1. The van der Waals surface area contributed by atoms with Gasteiger partial charge in [0.15, 0.2) is 11.5 Å². The first kappa shape index (κ1) is 19.8. The number of rotatable bonds is 7. The van der Waals surface area contributed by atoms with E-state index in [1.807, 2.05) is 11.8 Å². The lowest BCUT2D eigenvalue weighted by molar-refractivity contribution is -0.117. The Bertz CT molecular complexity index is 1020. The average Bonchev–Trinajstić information content (AvgIpc) is 3.22. The summed E-state index contributed by atoms with van der Waals surface area (Å²) in [4.78, 5) is 14.3. The van der Waals surface area contributed by atoms with Crippen LogP contribution in [0.4, 0.5) is 10.1 Å². The highest BCUT2D eigenvalue weighted by Crippen LogP contribution is 2.32. The number of hydrogen-bond acceptors (Lipinski definition) is 7. The van der Waals surface area contributed by atoms with Gasteiger partial charge in [0, 0.05) is 17.3 Å². The minimum absolute atomic E-state index is 0.152. The van der Waals surface area contributed by atoms with Crippen molar-refractivity contribution in [1.29, 1.82) is 0 Å². The third-order valence-electron chi connectivity index (χ3n) is 4.56. The number of ether oxygens (including phenoxy) is 2. The second kappa shape index (κ2) is 8.91. The molecule has 0 spiro atoms. The van der Waals surface area contributed by atoms with Gasteiger partial charge in [-0.05, 0) is 42.9 Å². The lowest BCUT2D eigenvalue weighted by atomic mass is 10.2. The van der Waals surface area contributed by atoms with Crippen molar-refractivity contribution < 1.29 is 23.1 Å². The second-order valence-electron chi connectivity index (χ2n) is 6.72. The average molecular weight is 412 g/mol. The zero-order chi connectivity index (χ0) is 20.9. The predicted octanol–water partition coefficient (Wildman–Crippen LogP) is 3.11. The fraction of sp³-hybridized carbons (Fsp3) is 0.286. The number of anilines is 1. The van der Waals surface area contributed by atoms with Gasteiger partial charge in [-0.15, -0.1) is 10.2 Å². The molecule has 8 nitrogen and oxygen atoms in total. The molecule has 0 saturated heterocycles. The van der Waals surface area contributed by atoms with E-state index in [0.29, 0.717) is 60.8 Å². The van der Waals surface area contributed by atoms with Gasteiger partial charge in [-0.1, -0.05) is 6.92 Å². The quantitative estimate of drug-likeness (QED) is 0.638. The smallest absolute Gasteiger partial charge is 0.247 e. The summed E-state index contributed by atoms with van der Waals surface area (Å²) in [5.74, 6) is 1.46. The molecule has 3 aromatic rings. The van der Waals surface area contributed by atoms with Crippen molar-refractivity contribution in [3.05, 3.63) is 54.2 Å². The molecule has 0 saturated carbocycles. The van der Waals surface area contributed by atoms with Crippen LogP contribution in [0, 0.1) is 5.82 Å². The fourth-order valence-electron chi connectivity index (χ4n) is 3.02. The lowest BCUT2D eigenvalue weighted by Gasteiger charge is -2.20. The van der Waals surface area contributed by atoms with Crippen LogP contribution in [0.5, 0.6) is 11.5 Å². The summed E-state index contributed by atoms with van der Waals surface area (Å²) >= 11 is 0. The summed E-state index contributed by atoms with van der Waals surface area (Å²) < 4.78 is 29.7. The Balaban J connectivity index is 1.35. The summed E-state index contributed by atoms with van der Waals surface area (Å²) in [7, 11) is 0. The molecule has 9 heteroatoms. The van der Waals surface area contributed by atoms with Crippen LogP contribution in [0.3, 0.4) is 0 Å². The molecule has 0 bridgehead atoms. The van der Waals surface area contributed by atoms with E-state index >= 15 is 0 Å². The number of fused-ring (bicyclic) bond motifs is 1. The molecule has 0 unspecified atom stereocenters. The Kier molecular flexibility index (Phi) is 5.89. The summed E-state index contributed by atoms with van der Waals surface area (Å²) in [6.07, 6.45) is 0. The minimum atomic E-state index is -0.334. The Morgan fingerprint density at radius 1 is 1.10 bits per heavy atom. The molecule has 30 heavy (non-hydrogen) atoms. The molecular weight excluding hydrogens is 391 g/mol. The van der Waals surface area contributed by atoms with Crippen molar-refractivity contribution in [2.45, 2.75) is 13.5 Å². The first-order valence-corrected chi connectivity index (χ1v) is 9.61. The van der Waals surface area contributed by atoms with E-state index in [2.05, 4.69) is 15.5 Å². The normalized spacial score (nSPS) is 12.8. The van der Waals surface area contributed by atoms with Crippen LogP contribution in [-0.4, -0.2) is 47.3 Å². The van der Waals surface area contributed by atoms with Crippen LogP contribution in [0.15, 0.2) is 46.9 Å². The largest absolute Gasteiger partial charge is 0.486 e. The van der Waals surface area contributed by atoms with Crippen LogP contribution >= 0.6 is 0 Å². The van der Waals surface area contributed by atoms with E-state index in [-0.39, 0.29) is 18.3 Å². The van der Waals surface area contributed by atoms with Gasteiger partial charge in [-0.3, -0.25) is 9.69 Å². The Morgan fingerprint density at radius 2 is 1.87 bits per heavy atom. The van der Waals surface area contributed by atoms with Gasteiger partial charge >= 0.3 is 0 Å².